The predicted molar refractivity (Wildman–Crippen MR) is 88.5 cm³/mol. The molecule has 0 fully saturated rings. The largest absolute Gasteiger partial charge is 0.478 e. The second kappa shape index (κ2) is 7.95. The standard InChI is InChI=1S/C16H8F6O4S2/c17-15(18,19)7-1-3-11(9(5-7)13(23)24)27-28-12-4-2-8(16(20,21)22)6-10(12)14(25)26/h1-6H,(H,23,24)(H,25,26). The average molecular weight is 442 g/mol. The molecule has 2 N–H and O–H groups in total. The quantitative estimate of drug-likeness (QED) is 0.442. The van der Waals surface area contributed by atoms with Gasteiger partial charge in [0.15, 0.2) is 0 Å². The van der Waals surface area contributed by atoms with Gasteiger partial charge in [-0.1, -0.05) is 21.6 Å². The van der Waals surface area contributed by atoms with Crippen molar-refractivity contribution < 1.29 is 46.1 Å². The summed E-state index contributed by atoms with van der Waals surface area (Å²) in [5, 5.41) is 18.2. The van der Waals surface area contributed by atoms with E-state index in [4.69, 9.17) is 10.2 Å². The normalized spacial score (nSPS) is 12.1. The van der Waals surface area contributed by atoms with Gasteiger partial charge in [0.1, 0.15) is 0 Å². The van der Waals surface area contributed by atoms with Crippen molar-refractivity contribution in [1.82, 2.24) is 0 Å². The maximum absolute atomic E-state index is 12.7. The summed E-state index contributed by atoms with van der Waals surface area (Å²) in [6.07, 6.45) is -9.52. The molecule has 2 rings (SSSR count). The predicted octanol–water partition coefficient (Wildman–Crippen LogP) is 5.92. The lowest BCUT2D eigenvalue weighted by Crippen LogP contribution is -2.08. The van der Waals surface area contributed by atoms with Gasteiger partial charge >= 0.3 is 24.3 Å². The molecule has 0 saturated heterocycles. The highest BCUT2D eigenvalue weighted by Crippen LogP contribution is 2.43. The number of alkyl halides is 6. The van der Waals surface area contributed by atoms with Crippen LogP contribution in [0.3, 0.4) is 0 Å². The Balaban J connectivity index is 2.36. The van der Waals surface area contributed by atoms with E-state index in [0.29, 0.717) is 45.9 Å². The molecule has 2 aromatic carbocycles. The van der Waals surface area contributed by atoms with Gasteiger partial charge in [-0.25, -0.2) is 9.59 Å². The molecule has 0 aliphatic heterocycles. The first kappa shape index (κ1) is 22.0. The maximum atomic E-state index is 12.7. The summed E-state index contributed by atoms with van der Waals surface area (Å²) in [4.78, 5) is 22.2. The minimum Gasteiger partial charge on any atom is -0.478 e. The molecule has 12 heteroatoms. The summed E-state index contributed by atoms with van der Waals surface area (Å²) < 4.78 is 76.4. The van der Waals surface area contributed by atoms with E-state index < -0.39 is 46.5 Å². The fourth-order valence-corrected chi connectivity index (χ4v) is 4.29. The first-order valence-electron chi connectivity index (χ1n) is 7.04. The summed E-state index contributed by atoms with van der Waals surface area (Å²) >= 11 is 0. The number of benzene rings is 2. The van der Waals surface area contributed by atoms with Crippen molar-refractivity contribution in [1.29, 1.82) is 0 Å². The molecule has 0 unspecified atom stereocenters. The van der Waals surface area contributed by atoms with Crippen LogP contribution in [-0.4, -0.2) is 22.2 Å². The van der Waals surface area contributed by atoms with Crippen molar-refractivity contribution in [2.75, 3.05) is 0 Å². The second-order valence-electron chi connectivity index (χ2n) is 5.19. The van der Waals surface area contributed by atoms with Crippen LogP contribution in [-0.2, 0) is 12.4 Å². The van der Waals surface area contributed by atoms with Gasteiger partial charge < -0.3 is 10.2 Å². The second-order valence-corrected chi connectivity index (χ2v) is 7.41. The maximum Gasteiger partial charge on any atom is 0.416 e. The van der Waals surface area contributed by atoms with Crippen molar-refractivity contribution in [2.45, 2.75) is 22.1 Å². The summed E-state index contributed by atoms with van der Waals surface area (Å²) in [6, 6.07) is 3.95. The van der Waals surface area contributed by atoms with Crippen LogP contribution in [0, 0.1) is 0 Å². The molecular formula is C16H8F6O4S2. The van der Waals surface area contributed by atoms with Gasteiger partial charge in [-0.2, -0.15) is 26.3 Å². The number of carboxylic acid groups (broad SMARTS) is 2. The van der Waals surface area contributed by atoms with Crippen LogP contribution in [0.1, 0.15) is 31.8 Å². The van der Waals surface area contributed by atoms with Crippen molar-refractivity contribution >= 4 is 33.5 Å². The third-order valence-corrected chi connectivity index (χ3v) is 5.78. The SMILES string of the molecule is O=C(O)c1cc(C(F)(F)F)ccc1SSc1ccc(C(F)(F)F)cc1C(=O)O. The average Bonchev–Trinajstić information content (AvgIpc) is 2.57. The molecule has 0 heterocycles. The highest BCUT2D eigenvalue weighted by Gasteiger charge is 2.33. The third kappa shape index (κ3) is 5.13. The minimum atomic E-state index is -4.76. The van der Waals surface area contributed by atoms with Crippen molar-refractivity contribution in [2.24, 2.45) is 0 Å². The van der Waals surface area contributed by atoms with Gasteiger partial charge in [-0.15, -0.1) is 0 Å². The van der Waals surface area contributed by atoms with Gasteiger partial charge in [-0.3, -0.25) is 0 Å². The summed E-state index contributed by atoms with van der Waals surface area (Å²) in [7, 11) is 1.23. The van der Waals surface area contributed by atoms with Gasteiger partial charge in [0.2, 0.25) is 0 Å². The van der Waals surface area contributed by atoms with Crippen LogP contribution in [0.25, 0.3) is 0 Å². The molecule has 0 aliphatic rings. The van der Waals surface area contributed by atoms with Gasteiger partial charge in [0, 0.05) is 9.79 Å². The van der Waals surface area contributed by atoms with E-state index in [1.807, 2.05) is 0 Å². The van der Waals surface area contributed by atoms with Crippen LogP contribution in [0.2, 0.25) is 0 Å². The highest BCUT2D eigenvalue weighted by molar-refractivity contribution is 8.76. The molecule has 4 nitrogen and oxygen atoms in total. The Morgan fingerprint density at radius 2 is 1.00 bits per heavy atom. The Labute approximate surface area is 160 Å². The number of rotatable bonds is 5. The number of halogens is 6. The molecular weight excluding hydrogens is 434 g/mol. The number of aromatic carboxylic acids is 2. The van der Waals surface area contributed by atoms with E-state index in [2.05, 4.69) is 0 Å². The number of carbonyl (C=O) groups is 2. The zero-order valence-corrected chi connectivity index (χ0v) is 14.9. The van der Waals surface area contributed by atoms with E-state index in [9.17, 15) is 35.9 Å². The Morgan fingerprint density at radius 1 is 0.679 bits per heavy atom. The van der Waals surface area contributed by atoms with E-state index in [0.717, 1.165) is 12.1 Å². The summed E-state index contributed by atoms with van der Waals surface area (Å²) in [5.74, 6) is -3.28. The Morgan fingerprint density at radius 3 is 1.25 bits per heavy atom. The number of hydrogen-bond donors (Lipinski definition) is 2. The van der Waals surface area contributed by atoms with Crippen LogP contribution in [0.5, 0.6) is 0 Å². The molecule has 28 heavy (non-hydrogen) atoms. The van der Waals surface area contributed by atoms with Gasteiger partial charge in [0.25, 0.3) is 0 Å². The smallest absolute Gasteiger partial charge is 0.416 e. The van der Waals surface area contributed by atoms with Gasteiger partial charge in [0.05, 0.1) is 22.3 Å². The van der Waals surface area contributed by atoms with Crippen molar-refractivity contribution in [3.05, 3.63) is 58.7 Å². The third-order valence-electron chi connectivity index (χ3n) is 3.30. The van der Waals surface area contributed by atoms with Crippen LogP contribution in [0.15, 0.2) is 46.2 Å². The molecule has 0 bridgehead atoms. The minimum absolute atomic E-state index is 0.123. The molecule has 0 spiro atoms. The topological polar surface area (TPSA) is 74.6 Å². The van der Waals surface area contributed by atoms with E-state index in [1.165, 1.54) is 0 Å². The lowest BCUT2D eigenvalue weighted by Gasteiger charge is -2.12. The summed E-state index contributed by atoms with van der Waals surface area (Å²) in [6.45, 7) is 0. The van der Waals surface area contributed by atoms with Crippen LogP contribution < -0.4 is 0 Å². The van der Waals surface area contributed by atoms with Gasteiger partial charge in [-0.05, 0) is 36.4 Å². The van der Waals surface area contributed by atoms with Crippen LogP contribution >= 0.6 is 21.6 Å². The monoisotopic (exact) mass is 442 g/mol. The van der Waals surface area contributed by atoms with E-state index in [-0.39, 0.29) is 9.79 Å². The Kier molecular flexibility index (Phi) is 6.24. The fraction of sp³-hybridized carbons (Fsp3) is 0.125. The molecule has 0 aliphatic carbocycles. The Bertz CT molecular complexity index is 849. The number of carboxylic acids is 2. The molecule has 0 atom stereocenters. The first-order valence-corrected chi connectivity index (χ1v) is 9.19. The van der Waals surface area contributed by atoms with Crippen molar-refractivity contribution in [3.8, 4) is 0 Å². The highest BCUT2D eigenvalue weighted by atomic mass is 33.1. The summed E-state index contributed by atoms with van der Waals surface area (Å²) in [5.41, 5.74) is -3.70. The molecule has 0 radical (unpaired) electrons. The van der Waals surface area contributed by atoms with Crippen molar-refractivity contribution in [3.63, 3.8) is 0 Å². The zero-order valence-electron chi connectivity index (χ0n) is 13.3. The molecule has 0 saturated carbocycles. The van der Waals surface area contributed by atoms with E-state index in [1.54, 1.807) is 0 Å². The lowest BCUT2D eigenvalue weighted by atomic mass is 10.1. The number of hydrogen-bond acceptors (Lipinski definition) is 4. The zero-order chi connectivity index (χ0) is 21.3. The Hall–Kier alpha value is -2.34. The fourth-order valence-electron chi connectivity index (χ4n) is 1.98. The van der Waals surface area contributed by atoms with E-state index >= 15 is 0 Å². The lowest BCUT2D eigenvalue weighted by molar-refractivity contribution is -0.138. The molecule has 150 valence electrons. The first-order chi connectivity index (χ1) is 12.8. The molecule has 0 amide bonds. The molecule has 2 aromatic rings. The van der Waals surface area contributed by atoms with Crippen LogP contribution in [0.4, 0.5) is 26.3 Å². The molecule has 0 aromatic heterocycles.